The van der Waals surface area contributed by atoms with E-state index in [2.05, 4.69) is 11.4 Å². The van der Waals surface area contributed by atoms with Gasteiger partial charge in [-0.2, -0.15) is 0 Å². The Morgan fingerprint density at radius 2 is 2.12 bits per heavy atom. The molecule has 2 N–H and O–H groups in total. The highest BCUT2D eigenvalue weighted by molar-refractivity contribution is 5.33. The molecule has 0 aromatic heterocycles. The van der Waals surface area contributed by atoms with Gasteiger partial charge < -0.3 is 15.2 Å². The molecule has 1 aliphatic rings. The first kappa shape index (κ1) is 11.4. The van der Waals surface area contributed by atoms with E-state index in [4.69, 9.17) is 9.84 Å². The third kappa shape index (κ3) is 3.51. The van der Waals surface area contributed by atoms with Crippen LogP contribution in [0.15, 0.2) is 24.3 Å². The highest BCUT2D eigenvalue weighted by atomic mass is 16.5. The van der Waals surface area contributed by atoms with Crippen molar-refractivity contribution in [2.75, 3.05) is 19.8 Å². The molecule has 0 radical (unpaired) electrons. The maximum absolute atomic E-state index is 8.70. The van der Waals surface area contributed by atoms with Crippen molar-refractivity contribution in [2.45, 2.75) is 19.4 Å². The monoisotopic (exact) mass is 221 g/mol. The Kier molecular flexibility index (Phi) is 4.19. The minimum absolute atomic E-state index is 0.172. The van der Waals surface area contributed by atoms with E-state index in [1.54, 1.807) is 0 Å². The molecular weight excluding hydrogens is 202 g/mol. The van der Waals surface area contributed by atoms with Gasteiger partial charge in [0.2, 0.25) is 0 Å². The summed E-state index contributed by atoms with van der Waals surface area (Å²) in [6.07, 6.45) is 2.62. The molecule has 1 aliphatic carbocycles. The molecule has 0 aliphatic heterocycles. The number of aliphatic hydroxyl groups is 1. The lowest BCUT2D eigenvalue weighted by atomic mass is 10.2. The zero-order chi connectivity index (χ0) is 11.2. The number of benzene rings is 1. The van der Waals surface area contributed by atoms with Crippen LogP contribution in [0.3, 0.4) is 0 Å². The van der Waals surface area contributed by atoms with E-state index in [1.807, 2.05) is 18.2 Å². The molecule has 1 aromatic carbocycles. The lowest BCUT2D eigenvalue weighted by Gasteiger charge is -2.11. The molecule has 0 unspecified atom stereocenters. The molecule has 0 amide bonds. The Hall–Kier alpha value is -1.06. The number of hydrogen-bond acceptors (Lipinski definition) is 3. The van der Waals surface area contributed by atoms with Crippen molar-refractivity contribution in [3.63, 3.8) is 0 Å². The van der Waals surface area contributed by atoms with Gasteiger partial charge in [-0.15, -0.1) is 0 Å². The predicted octanol–water partition coefficient (Wildman–Crippen LogP) is 1.56. The second kappa shape index (κ2) is 5.87. The number of nitrogens with one attached hydrogen (secondary N) is 1. The third-order valence-electron chi connectivity index (χ3n) is 2.75. The first-order valence-electron chi connectivity index (χ1n) is 5.92. The maximum Gasteiger partial charge on any atom is 0.123 e. The average molecular weight is 221 g/mol. The van der Waals surface area contributed by atoms with Gasteiger partial charge >= 0.3 is 0 Å². The first-order valence-corrected chi connectivity index (χ1v) is 5.92. The topological polar surface area (TPSA) is 41.5 Å². The van der Waals surface area contributed by atoms with Gasteiger partial charge in [-0.3, -0.25) is 0 Å². The van der Waals surface area contributed by atoms with Gasteiger partial charge in [-0.05, 0) is 24.8 Å². The molecule has 2 rings (SSSR count). The van der Waals surface area contributed by atoms with Crippen LogP contribution in [0.2, 0.25) is 0 Å². The van der Waals surface area contributed by atoms with Gasteiger partial charge in [0, 0.05) is 18.7 Å². The van der Waals surface area contributed by atoms with Gasteiger partial charge in [-0.1, -0.05) is 18.2 Å². The van der Waals surface area contributed by atoms with E-state index >= 15 is 0 Å². The zero-order valence-corrected chi connectivity index (χ0v) is 9.48. The van der Waals surface area contributed by atoms with Crippen LogP contribution in [0.1, 0.15) is 18.4 Å². The van der Waals surface area contributed by atoms with Crippen LogP contribution >= 0.6 is 0 Å². The molecule has 1 aromatic rings. The Balaban J connectivity index is 1.87. The van der Waals surface area contributed by atoms with Crippen LogP contribution < -0.4 is 10.1 Å². The molecule has 0 bridgehead atoms. The largest absolute Gasteiger partial charge is 0.493 e. The van der Waals surface area contributed by atoms with E-state index in [-0.39, 0.29) is 6.61 Å². The molecule has 88 valence electrons. The van der Waals surface area contributed by atoms with E-state index in [0.717, 1.165) is 30.4 Å². The molecule has 0 atom stereocenters. The molecule has 3 heteroatoms. The molecule has 0 heterocycles. The van der Waals surface area contributed by atoms with Crippen molar-refractivity contribution < 1.29 is 9.84 Å². The van der Waals surface area contributed by atoms with Gasteiger partial charge in [-0.25, -0.2) is 0 Å². The predicted molar refractivity (Wildman–Crippen MR) is 63.5 cm³/mol. The summed E-state index contributed by atoms with van der Waals surface area (Å²) in [4.78, 5) is 0. The Bertz CT molecular complexity index is 323. The SMILES string of the molecule is OCCNCc1ccccc1OCC1CC1. The fourth-order valence-corrected chi connectivity index (χ4v) is 1.58. The van der Waals surface area contributed by atoms with Gasteiger partial charge in [0.25, 0.3) is 0 Å². The summed E-state index contributed by atoms with van der Waals surface area (Å²) in [7, 11) is 0. The van der Waals surface area contributed by atoms with Crippen molar-refractivity contribution in [1.29, 1.82) is 0 Å². The Morgan fingerprint density at radius 1 is 1.31 bits per heavy atom. The molecule has 0 saturated heterocycles. The van der Waals surface area contributed by atoms with Crippen molar-refractivity contribution in [3.05, 3.63) is 29.8 Å². The Morgan fingerprint density at radius 3 is 2.88 bits per heavy atom. The minimum atomic E-state index is 0.172. The van der Waals surface area contributed by atoms with Crippen molar-refractivity contribution in [2.24, 2.45) is 5.92 Å². The van der Waals surface area contributed by atoms with E-state index in [1.165, 1.54) is 12.8 Å². The zero-order valence-electron chi connectivity index (χ0n) is 9.48. The molecular formula is C13H19NO2. The molecule has 1 saturated carbocycles. The number of para-hydroxylation sites is 1. The van der Waals surface area contributed by atoms with E-state index in [9.17, 15) is 0 Å². The van der Waals surface area contributed by atoms with Crippen LogP contribution in [0, 0.1) is 5.92 Å². The van der Waals surface area contributed by atoms with Gasteiger partial charge in [0.05, 0.1) is 13.2 Å². The standard InChI is InChI=1S/C13H19NO2/c15-8-7-14-9-12-3-1-2-4-13(12)16-10-11-5-6-11/h1-4,11,14-15H,5-10H2. The molecule has 0 spiro atoms. The van der Waals surface area contributed by atoms with Crippen LogP contribution in [0.4, 0.5) is 0 Å². The lowest BCUT2D eigenvalue weighted by molar-refractivity contribution is 0.286. The highest BCUT2D eigenvalue weighted by Gasteiger charge is 2.22. The second-order valence-electron chi connectivity index (χ2n) is 4.26. The number of ether oxygens (including phenoxy) is 1. The second-order valence-corrected chi connectivity index (χ2v) is 4.26. The summed E-state index contributed by atoms with van der Waals surface area (Å²) in [6.45, 7) is 2.39. The fourth-order valence-electron chi connectivity index (χ4n) is 1.58. The van der Waals surface area contributed by atoms with Crippen LogP contribution in [0.25, 0.3) is 0 Å². The normalized spacial score (nSPS) is 15.1. The fraction of sp³-hybridized carbons (Fsp3) is 0.538. The summed E-state index contributed by atoms with van der Waals surface area (Å²) in [5, 5.41) is 11.9. The Labute approximate surface area is 96.4 Å². The summed E-state index contributed by atoms with van der Waals surface area (Å²) in [5.41, 5.74) is 1.16. The number of aliphatic hydroxyl groups excluding tert-OH is 1. The first-order chi connectivity index (χ1) is 7.90. The van der Waals surface area contributed by atoms with Crippen LogP contribution in [-0.4, -0.2) is 24.9 Å². The highest BCUT2D eigenvalue weighted by Crippen LogP contribution is 2.30. The quantitative estimate of drug-likeness (QED) is 0.687. The number of hydrogen-bond donors (Lipinski definition) is 2. The van der Waals surface area contributed by atoms with E-state index in [0.29, 0.717) is 6.54 Å². The minimum Gasteiger partial charge on any atom is -0.493 e. The summed E-state index contributed by atoms with van der Waals surface area (Å²) in [5.74, 6) is 1.75. The molecule has 3 nitrogen and oxygen atoms in total. The van der Waals surface area contributed by atoms with Crippen LogP contribution in [-0.2, 0) is 6.54 Å². The van der Waals surface area contributed by atoms with Crippen molar-refractivity contribution in [3.8, 4) is 5.75 Å². The summed E-state index contributed by atoms with van der Waals surface area (Å²) in [6, 6.07) is 8.09. The molecule has 16 heavy (non-hydrogen) atoms. The lowest BCUT2D eigenvalue weighted by Crippen LogP contribution is -2.18. The summed E-state index contributed by atoms with van der Waals surface area (Å²) < 4.78 is 5.79. The molecule has 1 fully saturated rings. The van der Waals surface area contributed by atoms with E-state index < -0.39 is 0 Å². The van der Waals surface area contributed by atoms with Crippen molar-refractivity contribution in [1.82, 2.24) is 5.32 Å². The van der Waals surface area contributed by atoms with Crippen molar-refractivity contribution >= 4 is 0 Å². The maximum atomic E-state index is 8.70. The third-order valence-corrected chi connectivity index (χ3v) is 2.75. The van der Waals surface area contributed by atoms with Gasteiger partial charge in [0.15, 0.2) is 0 Å². The smallest absolute Gasteiger partial charge is 0.123 e. The average Bonchev–Trinajstić information content (AvgIpc) is 3.12. The van der Waals surface area contributed by atoms with Gasteiger partial charge in [0.1, 0.15) is 5.75 Å². The summed E-state index contributed by atoms with van der Waals surface area (Å²) >= 11 is 0. The number of rotatable bonds is 7. The van der Waals surface area contributed by atoms with Crippen LogP contribution in [0.5, 0.6) is 5.75 Å².